The molecule has 2 aliphatic rings. The van der Waals surface area contributed by atoms with Gasteiger partial charge < -0.3 is 14.6 Å². The van der Waals surface area contributed by atoms with Crippen LogP contribution in [0.15, 0.2) is 23.8 Å². The Labute approximate surface area is 139 Å². The van der Waals surface area contributed by atoms with Gasteiger partial charge in [-0.3, -0.25) is 4.79 Å². The Morgan fingerprint density at radius 1 is 1.30 bits per heavy atom. The second-order valence-electron chi connectivity index (χ2n) is 6.39. The lowest BCUT2D eigenvalue weighted by atomic mass is 9.80. The van der Waals surface area contributed by atoms with E-state index in [4.69, 9.17) is 14.6 Å². The Balaban J connectivity index is 0.000000238. The number of rotatable bonds is 6. The van der Waals surface area contributed by atoms with E-state index in [9.17, 15) is 9.59 Å². The van der Waals surface area contributed by atoms with Gasteiger partial charge in [0, 0.05) is 12.2 Å². The summed E-state index contributed by atoms with van der Waals surface area (Å²) in [6, 6.07) is 2.90. The Hall–Kier alpha value is -1.40. The van der Waals surface area contributed by atoms with Crippen molar-refractivity contribution in [1.82, 2.24) is 0 Å². The molecule has 0 aromatic carbocycles. The summed E-state index contributed by atoms with van der Waals surface area (Å²) in [5, 5.41) is 17.5. The number of unbranched alkanes of at least 4 members (excludes halogenated alkanes) is 1. The molecule has 2 rings (SSSR count). The third-order valence-corrected chi connectivity index (χ3v) is 7.05. The van der Waals surface area contributed by atoms with Crippen LogP contribution in [0.3, 0.4) is 0 Å². The maximum atomic E-state index is 10.8. The highest BCUT2D eigenvalue weighted by atomic mass is 28.3. The molecular formula is C17H28O5Si. The molecule has 1 heterocycles. The highest BCUT2D eigenvalue weighted by Crippen LogP contribution is 2.31. The van der Waals surface area contributed by atoms with Gasteiger partial charge in [0.1, 0.15) is 0 Å². The van der Waals surface area contributed by atoms with Gasteiger partial charge in [-0.15, -0.1) is 0 Å². The van der Waals surface area contributed by atoms with Crippen molar-refractivity contribution in [2.24, 2.45) is 5.41 Å². The molecule has 2 N–H and O–H groups in total. The normalized spacial score (nSPS) is 23.8. The summed E-state index contributed by atoms with van der Waals surface area (Å²) < 4.78 is 5.78. The van der Waals surface area contributed by atoms with E-state index in [1.165, 1.54) is 62.9 Å². The smallest absolute Gasteiger partial charge is 0.331 e. The molecule has 23 heavy (non-hydrogen) atoms. The number of carboxylic acid groups (broad SMARTS) is 2. The first-order valence-electron chi connectivity index (χ1n) is 8.35. The van der Waals surface area contributed by atoms with Crippen LogP contribution in [0.5, 0.6) is 0 Å². The van der Waals surface area contributed by atoms with Gasteiger partial charge in [0.05, 0.1) is 5.41 Å². The summed E-state index contributed by atoms with van der Waals surface area (Å²) in [4.78, 5) is 21.3. The zero-order chi connectivity index (χ0) is 17.3. The highest BCUT2D eigenvalue weighted by molar-refractivity contribution is 6.52. The molecule has 0 aromatic heterocycles. The Bertz CT molecular complexity index is 466. The molecule has 0 aromatic rings. The predicted molar refractivity (Wildman–Crippen MR) is 92.1 cm³/mol. The van der Waals surface area contributed by atoms with Crippen LogP contribution < -0.4 is 0 Å². The summed E-state index contributed by atoms with van der Waals surface area (Å²) in [5.74, 6) is -2.06. The molecule has 130 valence electrons. The third-order valence-electron chi connectivity index (χ3n) is 4.24. The number of carboxylic acids is 2. The second-order valence-corrected chi connectivity index (χ2v) is 9.12. The SMILES string of the molecule is CC1(C(=O)O)C=CC=C(C(=O)O)C1.CCCCO[SiH]1CCCC1. The van der Waals surface area contributed by atoms with Gasteiger partial charge in [-0.05, 0) is 31.9 Å². The van der Waals surface area contributed by atoms with Crippen LogP contribution in [0.25, 0.3) is 0 Å². The van der Waals surface area contributed by atoms with Crippen LogP contribution >= 0.6 is 0 Å². The molecule has 6 heteroatoms. The fraction of sp³-hybridized carbons (Fsp3) is 0.647. The Morgan fingerprint density at radius 2 is 1.96 bits per heavy atom. The minimum atomic E-state index is -1.08. The Kier molecular flexibility index (Phi) is 8.26. The first kappa shape index (κ1) is 19.6. The molecule has 1 atom stereocenters. The third kappa shape index (κ3) is 6.70. The molecule has 0 radical (unpaired) electrons. The summed E-state index contributed by atoms with van der Waals surface area (Å²) >= 11 is 0. The van der Waals surface area contributed by atoms with Crippen molar-refractivity contribution in [3.8, 4) is 0 Å². The van der Waals surface area contributed by atoms with E-state index in [0.717, 1.165) is 6.61 Å². The molecule has 1 unspecified atom stereocenters. The molecule has 0 bridgehead atoms. The standard InChI is InChI=1S/C9H10O4.C8H18OSi/c1-9(8(12)13)4-2-3-6(5-9)7(10)11;1-2-3-6-9-10-7-4-5-8-10/h2-4H,5H2,1H3,(H,10,11)(H,12,13);10H,2-8H2,1H3. The average Bonchev–Trinajstić information content (AvgIpc) is 3.01. The number of hydrogen-bond acceptors (Lipinski definition) is 3. The molecule has 0 saturated carbocycles. The molecule has 1 aliphatic carbocycles. The largest absolute Gasteiger partial charge is 0.481 e. The van der Waals surface area contributed by atoms with Gasteiger partial charge in [-0.25, -0.2) is 4.79 Å². The van der Waals surface area contributed by atoms with Crippen LogP contribution in [0.2, 0.25) is 12.1 Å². The quantitative estimate of drug-likeness (QED) is 0.572. The van der Waals surface area contributed by atoms with E-state index in [2.05, 4.69) is 6.92 Å². The predicted octanol–water partition coefficient (Wildman–Crippen LogP) is 3.37. The van der Waals surface area contributed by atoms with Crippen molar-refractivity contribution in [2.45, 2.75) is 58.0 Å². The second kappa shape index (κ2) is 9.67. The van der Waals surface area contributed by atoms with E-state index >= 15 is 0 Å². The molecule has 1 aliphatic heterocycles. The summed E-state index contributed by atoms with van der Waals surface area (Å²) in [7, 11) is -0.613. The fourth-order valence-electron chi connectivity index (χ4n) is 2.63. The van der Waals surface area contributed by atoms with Crippen molar-refractivity contribution in [3.63, 3.8) is 0 Å². The van der Waals surface area contributed by atoms with Crippen LogP contribution in [0.4, 0.5) is 0 Å². The summed E-state index contributed by atoms with van der Waals surface area (Å²) in [6.07, 6.45) is 9.88. The average molecular weight is 340 g/mol. The number of hydrogen-bond donors (Lipinski definition) is 2. The van der Waals surface area contributed by atoms with E-state index in [0.29, 0.717) is 0 Å². The van der Waals surface area contributed by atoms with Crippen LogP contribution in [-0.2, 0) is 14.0 Å². The van der Waals surface area contributed by atoms with Crippen molar-refractivity contribution in [3.05, 3.63) is 23.8 Å². The molecule has 1 fully saturated rings. The first-order chi connectivity index (χ1) is 10.9. The lowest BCUT2D eigenvalue weighted by molar-refractivity contribution is -0.145. The van der Waals surface area contributed by atoms with E-state index in [1.54, 1.807) is 0 Å². The zero-order valence-electron chi connectivity index (χ0n) is 14.1. The van der Waals surface area contributed by atoms with E-state index in [-0.39, 0.29) is 12.0 Å². The molecule has 0 amide bonds. The van der Waals surface area contributed by atoms with Crippen LogP contribution in [0.1, 0.15) is 46.0 Å². The summed E-state index contributed by atoms with van der Waals surface area (Å²) in [6.45, 7) is 4.77. The molecular weight excluding hydrogens is 312 g/mol. The lowest BCUT2D eigenvalue weighted by Gasteiger charge is -2.23. The Morgan fingerprint density at radius 3 is 2.48 bits per heavy atom. The first-order valence-corrected chi connectivity index (χ1v) is 10.5. The molecule has 0 spiro atoms. The van der Waals surface area contributed by atoms with E-state index in [1.807, 2.05) is 0 Å². The van der Waals surface area contributed by atoms with Gasteiger partial charge >= 0.3 is 11.9 Å². The highest BCUT2D eigenvalue weighted by Gasteiger charge is 2.34. The zero-order valence-corrected chi connectivity index (χ0v) is 15.2. The summed E-state index contributed by atoms with van der Waals surface area (Å²) in [5.41, 5.74) is -0.949. The van der Waals surface area contributed by atoms with Crippen molar-refractivity contribution < 1.29 is 24.2 Å². The van der Waals surface area contributed by atoms with Gasteiger partial charge in [0.15, 0.2) is 9.04 Å². The number of aliphatic carboxylic acids is 2. The van der Waals surface area contributed by atoms with Crippen molar-refractivity contribution in [2.75, 3.05) is 6.61 Å². The molecule has 1 saturated heterocycles. The van der Waals surface area contributed by atoms with E-state index < -0.39 is 26.4 Å². The minimum absolute atomic E-state index is 0.0359. The van der Waals surface area contributed by atoms with Crippen molar-refractivity contribution in [1.29, 1.82) is 0 Å². The van der Waals surface area contributed by atoms with Gasteiger partial charge in [-0.2, -0.15) is 0 Å². The maximum Gasteiger partial charge on any atom is 0.331 e. The molecule has 5 nitrogen and oxygen atoms in total. The number of carbonyl (C=O) groups is 2. The van der Waals surface area contributed by atoms with Gasteiger partial charge in [0.25, 0.3) is 0 Å². The topological polar surface area (TPSA) is 83.8 Å². The van der Waals surface area contributed by atoms with Gasteiger partial charge in [0.2, 0.25) is 0 Å². The number of allylic oxidation sites excluding steroid dienone is 2. The maximum absolute atomic E-state index is 10.8. The fourth-order valence-corrected chi connectivity index (χ4v) is 5.24. The van der Waals surface area contributed by atoms with Crippen LogP contribution in [-0.4, -0.2) is 37.8 Å². The minimum Gasteiger partial charge on any atom is -0.481 e. The van der Waals surface area contributed by atoms with Crippen molar-refractivity contribution >= 4 is 21.0 Å². The van der Waals surface area contributed by atoms with Gasteiger partial charge in [-0.1, -0.05) is 44.4 Å². The van der Waals surface area contributed by atoms with Crippen LogP contribution in [0, 0.1) is 5.41 Å². The lowest BCUT2D eigenvalue weighted by Crippen LogP contribution is -2.28. The monoisotopic (exact) mass is 340 g/mol.